The highest BCUT2D eigenvalue weighted by Crippen LogP contribution is 2.30. The lowest BCUT2D eigenvalue weighted by Gasteiger charge is -2.22. The smallest absolute Gasteiger partial charge is 0.337 e. The zero-order chi connectivity index (χ0) is 15.6. The summed E-state index contributed by atoms with van der Waals surface area (Å²) in [4.78, 5) is 10.8. The van der Waals surface area contributed by atoms with Crippen molar-refractivity contribution in [2.45, 2.75) is 30.3 Å². The van der Waals surface area contributed by atoms with E-state index in [1.165, 1.54) is 0 Å². The maximum atomic E-state index is 12.4. The minimum Gasteiger partial charge on any atom is -0.478 e. The van der Waals surface area contributed by atoms with Crippen LogP contribution in [-0.2, 0) is 14.6 Å². The molecule has 1 unspecified atom stereocenters. The highest BCUT2D eigenvalue weighted by Gasteiger charge is 2.27. The molecule has 0 bridgehead atoms. The summed E-state index contributed by atoms with van der Waals surface area (Å²) in [5.74, 6) is -1.52. The van der Waals surface area contributed by atoms with Crippen molar-refractivity contribution >= 4 is 39.0 Å². The molecule has 5 nitrogen and oxygen atoms in total. The van der Waals surface area contributed by atoms with Gasteiger partial charge in [-0.25, -0.2) is 13.2 Å². The zero-order valence-corrected chi connectivity index (χ0v) is 13.3. The molecule has 1 aliphatic heterocycles. The fourth-order valence-corrected chi connectivity index (χ4v) is 4.61. The van der Waals surface area contributed by atoms with Gasteiger partial charge in [-0.1, -0.05) is 23.2 Å². The lowest BCUT2D eigenvalue weighted by molar-refractivity contribution is 0.0305. The Kier molecular flexibility index (Phi) is 5.14. The number of carboxylic acids is 1. The average molecular weight is 353 g/mol. The van der Waals surface area contributed by atoms with Crippen molar-refractivity contribution in [1.29, 1.82) is 0 Å². The second kappa shape index (κ2) is 6.52. The first-order valence-corrected chi connectivity index (χ1v) is 8.79. The number of carbonyl (C=O) groups is 1. The van der Waals surface area contributed by atoms with Crippen LogP contribution in [0.3, 0.4) is 0 Å². The van der Waals surface area contributed by atoms with Gasteiger partial charge in [0.1, 0.15) is 0 Å². The predicted molar refractivity (Wildman–Crippen MR) is 79.1 cm³/mol. The van der Waals surface area contributed by atoms with Crippen molar-refractivity contribution in [3.05, 3.63) is 27.7 Å². The van der Waals surface area contributed by atoms with Crippen LogP contribution in [0.25, 0.3) is 0 Å². The molecule has 0 radical (unpaired) electrons. The van der Waals surface area contributed by atoms with Crippen LogP contribution in [-0.4, -0.2) is 38.0 Å². The van der Waals surface area contributed by atoms with Gasteiger partial charge in [0.05, 0.1) is 32.4 Å². The molecule has 1 N–H and O–H groups in total. The maximum Gasteiger partial charge on any atom is 0.337 e. The lowest BCUT2D eigenvalue weighted by Crippen LogP contribution is -2.28. The normalized spacial score (nSPS) is 19.4. The van der Waals surface area contributed by atoms with Gasteiger partial charge in [-0.2, -0.15) is 0 Å². The predicted octanol–water partition coefficient (Wildman–Crippen LogP) is 3.03. The third kappa shape index (κ3) is 3.88. The van der Waals surface area contributed by atoms with Crippen LogP contribution in [0, 0.1) is 0 Å². The summed E-state index contributed by atoms with van der Waals surface area (Å²) in [7, 11) is -3.74. The van der Waals surface area contributed by atoms with E-state index < -0.39 is 15.8 Å². The van der Waals surface area contributed by atoms with Crippen molar-refractivity contribution < 1.29 is 23.1 Å². The Morgan fingerprint density at radius 2 is 2.00 bits per heavy atom. The van der Waals surface area contributed by atoms with Crippen molar-refractivity contribution in [2.75, 3.05) is 12.4 Å². The summed E-state index contributed by atoms with van der Waals surface area (Å²) in [5, 5.41) is 8.84. The van der Waals surface area contributed by atoms with Gasteiger partial charge in [0.2, 0.25) is 0 Å². The highest BCUT2D eigenvalue weighted by molar-refractivity contribution is 7.91. The monoisotopic (exact) mass is 352 g/mol. The van der Waals surface area contributed by atoms with E-state index in [1.807, 2.05) is 0 Å². The molecule has 1 fully saturated rings. The van der Waals surface area contributed by atoms with Crippen LogP contribution in [0.1, 0.15) is 29.6 Å². The van der Waals surface area contributed by atoms with Crippen LogP contribution in [0.4, 0.5) is 0 Å². The Morgan fingerprint density at radius 1 is 1.29 bits per heavy atom. The van der Waals surface area contributed by atoms with Gasteiger partial charge in [-0.3, -0.25) is 0 Å². The first kappa shape index (κ1) is 16.5. The van der Waals surface area contributed by atoms with E-state index in [0.717, 1.165) is 25.0 Å². The van der Waals surface area contributed by atoms with Gasteiger partial charge in [0, 0.05) is 6.61 Å². The molecule has 1 heterocycles. The molecule has 0 aromatic heterocycles. The number of carboxylic acid groups (broad SMARTS) is 1. The van der Waals surface area contributed by atoms with Crippen LogP contribution < -0.4 is 0 Å². The summed E-state index contributed by atoms with van der Waals surface area (Å²) in [5.41, 5.74) is -0.288. The minimum absolute atomic E-state index is 0.0826. The van der Waals surface area contributed by atoms with E-state index >= 15 is 0 Å². The highest BCUT2D eigenvalue weighted by atomic mass is 35.5. The molecule has 116 valence electrons. The summed E-state index contributed by atoms with van der Waals surface area (Å²) in [6.07, 6.45) is 2.11. The summed E-state index contributed by atoms with van der Waals surface area (Å²) < 4.78 is 30.2. The molecular formula is C13H14Cl2O5S. The van der Waals surface area contributed by atoms with Crippen molar-refractivity contribution in [2.24, 2.45) is 0 Å². The third-order valence-corrected chi connectivity index (χ3v) is 5.82. The summed E-state index contributed by atoms with van der Waals surface area (Å²) >= 11 is 11.7. The first-order valence-electron chi connectivity index (χ1n) is 6.38. The molecule has 0 saturated carbocycles. The average Bonchev–Trinajstić information content (AvgIpc) is 2.38. The van der Waals surface area contributed by atoms with Gasteiger partial charge < -0.3 is 9.84 Å². The fourth-order valence-electron chi connectivity index (χ4n) is 2.20. The van der Waals surface area contributed by atoms with Crippen LogP contribution in [0.15, 0.2) is 17.0 Å². The van der Waals surface area contributed by atoms with Gasteiger partial charge in [-0.05, 0) is 31.4 Å². The molecule has 2 rings (SSSR count). The van der Waals surface area contributed by atoms with Crippen LogP contribution >= 0.6 is 23.2 Å². The molecule has 1 aromatic carbocycles. The van der Waals surface area contributed by atoms with E-state index in [9.17, 15) is 13.2 Å². The molecule has 0 amide bonds. The summed E-state index contributed by atoms with van der Waals surface area (Å²) in [6, 6.07) is 2.15. The summed E-state index contributed by atoms with van der Waals surface area (Å²) in [6.45, 7) is 0.537. The zero-order valence-electron chi connectivity index (χ0n) is 11.0. The number of hydrogen-bond donors (Lipinski definition) is 1. The largest absolute Gasteiger partial charge is 0.478 e. The molecule has 1 aromatic rings. The standard InChI is InChI=1S/C13H14Cl2O5S/c14-10-6-11(15)12(5-9(10)13(16)17)21(18,19)7-8-3-1-2-4-20-8/h5-6,8H,1-4,7H2,(H,16,17). The second-order valence-electron chi connectivity index (χ2n) is 4.84. The quantitative estimate of drug-likeness (QED) is 0.900. The first-order chi connectivity index (χ1) is 9.81. The van der Waals surface area contributed by atoms with Crippen molar-refractivity contribution in [3.8, 4) is 0 Å². The lowest BCUT2D eigenvalue weighted by atomic mass is 10.1. The van der Waals surface area contributed by atoms with Crippen LogP contribution in [0.2, 0.25) is 10.0 Å². The Balaban J connectivity index is 2.34. The SMILES string of the molecule is O=C(O)c1cc(S(=O)(=O)CC2CCCCO2)c(Cl)cc1Cl. The number of hydrogen-bond acceptors (Lipinski definition) is 4. The Hall–Kier alpha value is -0.820. The molecule has 21 heavy (non-hydrogen) atoms. The van der Waals surface area contributed by atoms with Gasteiger partial charge in [-0.15, -0.1) is 0 Å². The number of aromatic carboxylic acids is 1. The van der Waals surface area contributed by atoms with E-state index in [0.29, 0.717) is 13.0 Å². The van der Waals surface area contributed by atoms with Gasteiger partial charge >= 0.3 is 5.97 Å². The number of benzene rings is 1. The van der Waals surface area contributed by atoms with E-state index in [2.05, 4.69) is 0 Å². The molecule has 1 saturated heterocycles. The molecular weight excluding hydrogens is 339 g/mol. The van der Waals surface area contributed by atoms with Crippen molar-refractivity contribution in [3.63, 3.8) is 0 Å². The number of rotatable bonds is 4. The molecule has 0 aliphatic carbocycles. The molecule has 8 heteroatoms. The fraction of sp³-hybridized carbons (Fsp3) is 0.462. The third-order valence-electron chi connectivity index (χ3n) is 3.27. The Labute approximate surface area is 132 Å². The molecule has 1 aliphatic rings. The molecule has 1 atom stereocenters. The molecule has 0 spiro atoms. The van der Waals surface area contributed by atoms with Crippen molar-refractivity contribution in [1.82, 2.24) is 0 Å². The second-order valence-corrected chi connectivity index (χ2v) is 7.65. The number of halogens is 2. The van der Waals surface area contributed by atoms with Gasteiger partial charge in [0.15, 0.2) is 9.84 Å². The number of ether oxygens (including phenoxy) is 1. The van der Waals surface area contributed by atoms with Crippen LogP contribution in [0.5, 0.6) is 0 Å². The number of sulfone groups is 1. The Morgan fingerprint density at radius 3 is 2.57 bits per heavy atom. The maximum absolute atomic E-state index is 12.4. The minimum atomic E-state index is -3.74. The van der Waals surface area contributed by atoms with E-state index in [-0.39, 0.29) is 32.4 Å². The topological polar surface area (TPSA) is 80.7 Å². The Bertz CT molecular complexity index is 651. The van der Waals surface area contributed by atoms with E-state index in [1.54, 1.807) is 0 Å². The van der Waals surface area contributed by atoms with Gasteiger partial charge in [0.25, 0.3) is 0 Å². The van der Waals surface area contributed by atoms with E-state index in [4.69, 9.17) is 33.0 Å².